The number of carbonyl (C=O) groups excluding carboxylic acids is 1. The van der Waals surface area contributed by atoms with Crippen molar-refractivity contribution in [3.05, 3.63) is 54.1 Å². The molecule has 88 valence electrons. The number of amides is 1. The van der Waals surface area contributed by atoms with E-state index in [0.717, 1.165) is 14.7 Å². The standard InChI is InChI=1S/C13H11NOS2.Na.H/c14-13(15)9-6-7-11(16)12(8-9)17-10-4-2-1-3-5-10;;/h1-8,16H,(H2,14,15);;. The summed E-state index contributed by atoms with van der Waals surface area (Å²) in [6.07, 6.45) is 0. The fourth-order valence-corrected chi connectivity index (χ4v) is 2.55. The van der Waals surface area contributed by atoms with Crippen LogP contribution in [0.2, 0.25) is 0 Å². The molecule has 5 heteroatoms. The predicted molar refractivity (Wildman–Crippen MR) is 79.9 cm³/mol. The van der Waals surface area contributed by atoms with Gasteiger partial charge in [0.25, 0.3) is 0 Å². The van der Waals surface area contributed by atoms with Gasteiger partial charge in [-0.1, -0.05) is 30.0 Å². The van der Waals surface area contributed by atoms with Crippen molar-refractivity contribution in [1.82, 2.24) is 0 Å². The molecule has 0 atom stereocenters. The summed E-state index contributed by atoms with van der Waals surface area (Å²) in [6.45, 7) is 0. The number of hydrogen-bond donors (Lipinski definition) is 2. The summed E-state index contributed by atoms with van der Waals surface area (Å²) in [4.78, 5) is 14.0. The van der Waals surface area contributed by atoms with Gasteiger partial charge in [0.05, 0.1) is 0 Å². The van der Waals surface area contributed by atoms with Crippen LogP contribution in [0.4, 0.5) is 0 Å². The number of thiol groups is 1. The van der Waals surface area contributed by atoms with Crippen LogP contribution >= 0.6 is 24.4 Å². The topological polar surface area (TPSA) is 43.1 Å². The van der Waals surface area contributed by atoms with E-state index in [1.807, 2.05) is 30.3 Å². The van der Waals surface area contributed by atoms with E-state index in [1.54, 1.807) is 30.0 Å². The van der Waals surface area contributed by atoms with Gasteiger partial charge in [0.15, 0.2) is 0 Å². The normalized spacial score (nSPS) is 9.61. The van der Waals surface area contributed by atoms with Crippen LogP contribution in [0, 0.1) is 0 Å². The van der Waals surface area contributed by atoms with Crippen molar-refractivity contribution in [1.29, 1.82) is 0 Å². The number of carbonyl (C=O) groups is 1. The molecular weight excluding hydrogens is 273 g/mol. The Morgan fingerprint density at radius 1 is 1.11 bits per heavy atom. The molecule has 0 saturated carbocycles. The van der Waals surface area contributed by atoms with Gasteiger partial charge >= 0.3 is 29.6 Å². The average molecular weight is 285 g/mol. The Morgan fingerprint density at radius 3 is 2.39 bits per heavy atom. The molecule has 1 amide bonds. The average Bonchev–Trinajstić information content (AvgIpc) is 2.33. The first-order chi connectivity index (χ1) is 8.16. The zero-order valence-electron chi connectivity index (χ0n) is 8.96. The summed E-state index contributed by atoms with van der Waals surface area (Å²) in [5.74, 6) is -0.423. The first kappa shape index (κ1) is 15.7. The summed E-state index contributed by atoms with van der Waals surface area (Å²) in [5, 5.41) is 0. The Kier molecular flexibility index (Phi) is 6.32. The first-order valence-electron chi connectivity index (χ1n) is 5.02. The van der Waals surface area contributed by atoms with Crippen LogP contribution in [-0.2, 0) is 0 Å². The summed E-state index contributed by atoms with van der Waals surface area (Å²) in [7, 11) is 0. The fraction of sp³-hybridized carbons (Fsp3) is 0. The molecule has 2 rings (SSSR count). The van der Waals surface area contributed by atoms with E-state index in [4.69, 9.17) is 5.73 Å². The van der Waals surface area contributed by atoms with E-state index in [9.17, 15) is 4.79 Å². The molecule has 0 aliphatic rings. The Morgan fingerprint density at radius 2 is 1.78 bits per heavy atom. The minimum atomic E-state index is -0.423. The molecule has 0 spiro atoms. The number of benzene rings is 2. The van der Waals surface area contributed by atoms with E-state index < -0.39 is 5.91 Å². The van der Waals surface area contributed by atoms with Crippen molar-refractivity contribution in [2.75, 3.05) is 0 Å². The maximum atomic E-state index is 11.1. The van der Waals surface area contributed by atoms with E-state index >= 15 is 0 Å². The Hall–Kier alpha value is -0.390. The van der Waals surface area contributed by atoms with Crippen molar-refractivity contribution in [3.8, 4) is 0 Å². The summed E-state index contributed by atoms with van der Waals surface area (Å²) >= 11 is 5.93. The maximum absolute atomic E-state index is 11.1. The van der Waals surface area contributed by atoms with Crippen LogP contribution in [0.25, 0.3) is 0 Å². The Bertz CT molecular complexity index is 546. The van der Waals surface area contributed by atoms with Gasteiger partial charge in [-0.15, -0.1) is 12.6 Å². The molecule has 0 aromatic heterocycles. The third kappa shape index (κ3) is 4.07. The van der Waals surface area contributed by atoms with Gasteiger partial charge in [0, 0.05) is 20.2 Å². The predicted octanol–water partition coefficient (Wildman–Crippen LogP) is 2.58. The van der Waals surface area contributed by atoms with Gasteiger partial charge in [-0.05, 0) is 30.3 Å². The number of nitrogens with two attached hydrogens (primary N) is 1. The summed E-state index contributed by atoms with van der Waals surface area (Å²) in [6, 6.07) is 15.2. The number of rotatable bonds is 3. The second-order valence-corrected chi connectivity index (χ2v) is 5.06. The molecule has 0 saturated heterocycles. The molecule has 0 aliphatic carbocycles. The van der Waals surface area contributed by atoms with Crippen LogP contribution < -0.4 is 5.73 Å². The van der Waals surface area contributed by atoms with Crippen molar-refractivity contribution >= 4 is 59.9 Å². The third-order valence-electron chi connectivity index (χ3n) is 2.22. The van der Waals surface area contributed by atoms with Crippen LogP contribution in [-0.4, -0.2) is 35.5 Å². The zero-order valence-corrected chi connectivity index (χ0v) is 10.7. The number of hydrogen-bond acceptors (Lipinski definition) is 3. The summed E-state index contributed by atoms with van der Waals surface area (Å²) < 4.78 is 0. The second kappa shape index (κ2) is 7.26. The van der Waals surface area contributed by atoms with Crippen molar-refractivity contribution in [3.63, 3.8) is 0 Å². The summed E-state index contributed by atoms with van der Waals surface area (Å²) in [5.41, 5.74) is 5.75. The van der Waals surface area contributed by atoms with Gasteiger partial charge < -0.3 is 5.73 Å². The molecule has 18 heavy (non-hydrogen) atoms. The Balaban J connectivity index is 0.00000162. The van der Waals surface area contributed by atoms with Crippen molar-refractivity contribution in [2.45, 2.75) is 14.7 Å². The van der Waals surface area contributed by atoms with E-state index in [-0.39, 0.29) is 29.6 Å². The minimum absolute atomic E-state index is 0. The van der Waals surface area contributed by atoms with E-state index in [0.29, 0.717) is 5.56 Å². The fourth-order valence-electron chi connectivity index (χ4n) is 1.36. The quantitative estimate of drug-likeness (QED) is 0.672. The number of primary amides is 1. The third-order valence-corrected chi connectivity index (χ3v) is 3.82. The molecule has 2 nitrogen and oxygen atoms in total. The molecule has 0 radical (unpaired) electrons. The van der Waals surface area contributed by atoms with Crippen molar-refractivity contribution < 1.29 is 4.79 Å². The first-order valence-corrected chi connectivity index (χ1v) is 6.29. The van der Waals surface area contributed by atoms with E-state index in [1.165, 1.54) is 0 Å². The van der Waals surface area contributed by atoms with Gasteiger partial charge in [-0.2, -0.15) is 0 Å². The van der Waals surface area contributed by atoms with Gasteiger partial charge in [-0.25, -0.2) is 0 Å². The second-order valence-electron chi connectivity index (χ2n) is 3.46. The molecule has 0 aliphatic heterocycles. The molecule has 0 fully saturated rings. The van der Waals surface area contributed by atoms with Gasteiger partial charge in [-0.3, -0.25) is 4.79 Å². The zero-order chi connectivity index (χ0) is 12.3. The molecular formula is C13H12NNaOS2. The van der Waals surface area contributed by atoms with Gasteiger partial charge in [0.1, 0.15) is 0 Å². The molecule has 0 heterocycles. The molecule has 2 aromatic rings. The van der Waals surface area contributed by atoms with E-state index in [2.05, 4.69) is 12.6 Å². The molecule has 2 aromatic carbocycles. The Labute approximate surface area is 138 Å². The van der Waals surface area contributed by atoms with Crippen molar-refractivity contribution in [2.24, 2.45) is 5.73 Å². The molecule has 0 unspecified atom stereocenters. The van der Waals surface area contributed by atoms with Crippen LogP contribution in [0.5, 0.6) is 0 Å². The SMILES string of the molecule is NC(=O)c1ccc(S)c(Sc2ccccc2)c1.[NaH]. The van der Waals surface area contributed by atoms with Crippen LogP contribution in [0.15, 0.2) is 63.2 Å². The van der Waals surface area contributed by atoms with Crippen LogP contribution in [0.1, 0.15) is 10.4 Å². The monoisotopic (exact) mass is 285 g/mol. The van der Waals surface area contributed by atoms with Gasteiger partial charge in [0.2, 0.25) is 5.91 Å². The molecule has 0 bridgehead atoms. The van der Waals surface area contributed by atoms with Crippen LogP contribution in [0.3, 0.4) is 0 Å². The molecule has 2 N–H and O–H groups in total.